The van der Waals surface area contributed by atoms with Crippen LogP contribution in [0.5, 0.6) is 0 Å². The molecule has 0 bridgehead atoms. The van der Waals surface area contributed by atoms with Crippen LogP contribution in [-0.4, -0.2) is 52.6 Å². The fourth-order valence-corrected chi connectivity index (χ4v) is 2.94. The molecular formula is C14H26N2O3. The monoisotopic (exact) mass is 270 g/mol. The van der Waals surface area contributed by atoms with E-state index in [-0.39, 0.29) is 17.9 Å². The highest BCUT2D eigenvalue weighted by molar-refractivity contribution is 5.78. The zero-order valence-corrected chi connectivity index (χ0v) is 12.6. The van der Waals surface area contributed by atoms with Crippen molar-refractivity contribution in [3.8, 4) is 0 Å². The van der Waals surface area contributed by atoms with Gasteiger partial charge in [0.05, 0.1) is 0 Å². The molecule has 5 nitrogen and oxygen atoms in total. The van der Waals surface area contributed by atoms with Crippen molar-refractivity contribution in [1.82, 2.24) is 9.80 Å². The van der Waals surface area contributed by atoms with Crippen molar-refractivity contribution in [2.75, 3.05) is 14.1 Å². The van der Waals surface area contributed by atoms with Gasteiger partial charge < -0.3 is 14.9 Å². The summed E-state index contributed by atoms with van der Waals surface area (Å²) < 4.78 is 0. The molecule has 1 aliphatic rings. The minimum absolute atomic E-state index is 0.0312. The number of nitrogens with zero attached hydrogens (tertiary/aromatic N) is 2. The quantitative estimate of drug-likeness (QED) is 0.838. The molecule has 110 valence electrons. The van der Waals surface area contributed by atoms with Crippen LogP contribution in [0.4, 0.5) is 4.79 Å². The Kier molecular flexibility index (Phi) is 4.82. The van der Waals surface area contributed by atoms with Gasteiger partial charge in [0.2, 0.25) is 5.91 Å². The molecule has 1 aliphatic carbocycles. The first-order chi connectivity index (χ1) is 8.64. The first-order valence-electron chi connectivity index (χ1n) is 6.88. The van der Waals surface area contributed by atoms with Crippen molar-refractivity contribution in [2.24, 2.45) is 5.92 Å². The molecule has 0 heterocycles. The normalized spacial score (nSPS) is 23.8. The standard InChI is InChI=1S/C14H26N2O3/c1-14(2,3)16(13(18)19)11-8-6-10(7-9-11)12(17)15(4)5/h10-11H,6-9H2,1-5H3,(H,18,19). The van der Waals surface area contributed by atoms with E-state index in [2.05, 4.69) is 0 Å². The largest absolute Gasteiger partial charge is 0.465 e. The first kappa shape index (κ1) is 15.8. The summed E-state index contributed by atoms with van der Waals surface area (Å²) in [7, 11) is 3.54. The number of hydrogen-bond acceptors (Lipinski definition) is 2. The maximum absolute atomic E-state index is 11.9. The lowest BCUT2D eigenvalue weighted by Crippen LogP contribution is -2.52. The number of rotatable bonds is 2. The molecule has 1 saturated carbocycles. The lowest BCUT2D eigenvalue weighted by Gasteiger charge is -2.42. The predicted molar refractivity (Wildman–Crippen MR) is 74.1 cm³/mol. The fourth-order valence-electron chi connectivity index (χ4n) is 2.94. The molecule has 0 unspecified atom stereocenters. The Bertz CT molecular complexity index is 339. The van der Waals surface area contributed by atoms with Gasteiger partial charge in [-0.1, -0.05) is 0 Å². The van der Waals surface area contributed by atoms with Crippen molar-refractivity contribution in [1.29, 1.82) is 0 Å². The number of hydrogen-bond donors (Lipinski definition) is 1. The minimum Gasteiger partial charge on any atom is -0.465 e. The lowest BCUT2D eigenvalue weighted by atomic mass is 9.83. The van der Waals surface area contributed by atoms with Crippen molar-refractivity contribution in [3.63, 3.8) is 0 Å². The van der Waals surface area contributed by atoms with E-state index in [4.69, 9.17) is 0 Å². The second-order valence-corrected chi connectivity index (χ2v) is 6.56. The molecule has 2 amide bonds. The Morgan fingerprint density at radius 3 is 1.84 bits per heavy atom. The SMILES string of the molecule is CN(C)C(=O)C1CCC(N(C(=O)O)C(C)(C)C)CC1. The van der Waals surface area contributed by atoms with Crippen molar-refractivity contribution < 1.29 is 14.7 Å². The van der Waals surface area contributed by atoms with E-state index in [1.165, 1.54) is 0 Å². The average Bonchev–Trinajstić information content (AvgIpc) is 2.26. The molecule has 0 aliphatic heterocycles. The van der Waals surface area contributed by atoms with Gasteiger partial charge in [-0.05, 0) is 46.5 Å². The molecule has 1 N–H and O–H groups in total. The molecule has 19 heavy (non-hydrogen) atoms. The highest BCUT2D eigenvalue weighted by atomic mass is 16.4. The summed E-state index contributed by atoms with van der Waals surface area (Å²) in [6.45, 7) is 5.74. The van der Waals surface area contributed by atoms with Gasteiger partial charge in [0.25, 0.3) is 0 Å². The van der Waals surface area contributed by atoms with Gasteiger partial charge in [0.1, 0.15) is 0 Å². The zero-order valence-electron chi connectivity index (χ0n) is 12.6. The summed E-state index contributed by atoms with van der Waals surface area (Å²) in [5.74, 6) is 0.220. The maximum atomic E-state index is 11.9. The molecule has 0 aromatic carbocycles. The molecule has 0 spiro atoms. The van der Waals surface area contributed by atoms with E-state index in [1.807, 2.05) is 20.8 Å². The van der Waals surface area contributed by atoms with Gasteiger partial charge in [-0.3, -0.25) is 4.79 Å². The van der Waals surface area contributed by atoms with Crippen molar-refractivity contribution >= 4 is 12.0 Å². The lowest BCUT2D eigenvalue weighted by molar-refractivity contribution is -0.134. The summed E-state index contributed by atoms with van der Waals surface area (Å²) >= 11 is 0. The van der Waals surface area contributed by atoms with Crippen LogP contribution in [0, 0.1) is 5.92 Å². The fraction of sp³-hybridized carbons (Fsp3) is 0.857. The van der Waals surface area contributed by atoms with Crippen LogP contribution in [0.1, 0.15) is 46.5 Å². The molecular weight excluding hydrogens is 244 g/mol. The molecule has 0 radical (unpaired) electrons. The maximum Gasteiger partial charge on any atom is 0.407 e. The second-order valence-electron chi connectivity index (χ2n) is 6.56. The third-order valence-corrected chi connectivity index (χ3v) is 3.78. The van der Waals surface area contributed by atoms with Crippen LogP contribution in [0.3, 0.4) is 0 Å². The molecule has 0 aromatic rings. The molecule has 0 atom stereocenters. The Labute approximate surface area is 115 Å². The van der Waals surface area contributed by atoms with Gasteiger partial charge in [0, 0.05) is 31.6 Å². The van der Waals surface area contributed by atoms with Crippen molar-refractivity contribution in [2.45, 2.75) is 58.0 Å². The Balaban J connectivity index is 2.67. The minimum atomic E-state index is -0.866. The number of amides is 2. The third kappa shape index (κ3) is 3.85. The summed E-state index contributed by atoms with van der Waals surface area (Å²) in [6, 6.07) is 0.0312. The summed E-state index contributed by atoms with van der Waals surface area (Å²) in [5, 5.41) is 9.38. The number of carboxylic acid groups (broad SMARTS) is 1. The van der Waals surface area contributed by atoms with Crippen molar-refractivity contribution in [3.05, 3.63) is 0 Å². The smallest absolute Gasteiger partial charge is 0.407 e. The number of carbonyl (C=O) groups excluding carboxylic acids is 1. The summed E-state index contributed by atoms with van der Waals surface area (Å²) in [5.41, 5.74) is -0.394. The molecule has 0 aromatic heterocycles. The Morgan fingerprint density at radius 1 is 1.05 bits per heavy atom. The molecule has 5 heteroatoms. The highest BCUT2D eigenvalue weighted by Crippen LogP contribution is 2.32. The average molecular weight is 270 g/mol. The van der Waals surface area contributed by atoms with E-state index in [0.717, 1.165) is 25.7 Å². The van der Waals surface area contributed by atoms with Crippen LogP contribution in [-0.2, 0) is 4.79 Å². The molecule has 1 fully saturated rings. The Morgan fingerprint density at radius 2 is 1.53 bits per heavy atom. The summed E-state index contributed by atoms with van der Waals surface area (Å²) in [4.78, 5) is 26.5. The zero-order chi connectivity index (χ0) is 14.8. The van der Waals surface area contributed by atoms with Crippen LogP contribution in [0.25, 0.3) is 0 Å². The predicted octanol–water partition coefficient (Wildman–Crippen LogP) is 2.41. The van der Waals surface area contributed by atoms with E-state index in [1.54, 1.807) is 23.9 Å². The number of carbonyl (C=O) groups is 2. The van der Waals surface area contributed by atoms with E-state index < -0.39 is 11.6 Å². The first-order valence-corrected chi connectivity index (χ1v) is 6.88. The third-order valence-electron chi connectivity index (χ3n) is 3.78. The van der Waals surface area contributed by atoms with Crippen LogP contribution in [0.15, 0.2) is 0 Å². The van der Waals surface area contributed by atoms with Gasteiger partial charge in [0.15, 0.2) is 0 Å². The molecule has 1 rings (SSSR count). The van der Waals surface area contributed by atoms with E-state index in [9.17, 15) is 14.7 Å². The van der Waals surface area contributed by atoms with Gasteiger partial charge in [-0.25, -0.2) is 4.79 Å². The second kappa shape index (κ2) is 5.80. The Hall–Kier alpha value is -1.26. The van der Waals surface area contributed by atoms with Gasteiger partial charge in [-0.15, -0.1) is 0 Å². The van der Waals surface area contributed by atoms with E-state index in [0.29, 0.717) is 0 Å². The van der Waals surface area contributed by atoms with Crippen LogP contribution < -0.4 is 0 Å². The molecule has 0 saturated heterocycles. The topological polar surface area (TPSA) is 60.9 Å². The van der Waals surface area contributed by atoms with Crippen LogP contribution >= 0.6 is 0 Å². The van der Waals surface area contributed by atoms with E-state index >= 15 is 0 Å². The van der Waals surface area contributed by atoms with Crippen LogP contribution in [0.2, 0.25) is 0 Å². The summed E-state index contributed by atoms with van der Waals surface area (Å²) in [6.07, 6.45) is 2.24. The van der Waals surface area contributed by atoms with Gasteiger partial charge >= 0.3 is 6.09 Å². The highest BCUT2D eigenvalue weighted by Gasteiger charge is 2.37. The van der Waals surface area contributed by atoms with Gasteiger partial charge in [-0.2, -0.15) is 0 Å².